The summed E-state index contributed by atoms with van der Waals surface area (Å²) in [6.07, 6.45) is 2.16. The topological polar surface area (TPSA) is 76.2 Å². The highest BCUT2D eigenvalue weighted by atomic mass is 16.6. The Morgan fingerprint density at radius 2 is 2.30 bits per heavy atom. The molecule has 0 bridgehead atoms. The van der Waals surface area contributed by atoms with Crippen molar-refractivity contribution >= 4 is 0 Å². The quantitative estimate of drug-likeness (QED) is 0.852. The first-order valence-electron chi connectivity index (χ1n) is 7.14. The van der Waals surface area contributed by atoms with E-state index in [9.17, 15) is 4.79 Å². The van der Waals surface area contributed by atoms with Crippen molar-refractivity contribution in [2.45, 2.75) is 44.3 Å². The number of rotatable bonds is 4. The van der Waals surface area contributed by atoms with E-state index in [1.54, 1.807) is 0 Å². The van der Waals surface area contributed by atoms with Gasteiger partial charge < -0.3 is 19.8 Å². The summed E-state index contributed by atoms with van der Waals surface area (Å²) in [5.74, 6) is 1.54. The van der Waals surface area contributed by atoms with E-state index in [0.717, 1.165) is 31.8 Å². The molecule has 1 aliphatic heterocycles. The van der Waals surface area contributed by atoms with Crippen LogP contribution in [0.2, 0.25) is 0 Å². The Labute approximate surface area is 117 Å². The fourth-order valence-electron chi connectivity index (χ4n) is 2.42. The summed E-state index contributed by atoms with van der Waals surface area (Å²) in [4.78, 5) is 18.7. The number of aromatic nitrogens is 2. The molecule has 1 atom stereocenters. The van der Waals surface area contributed by atoms with E-state index >= 15 is 0 Å². The van der Waals surface area contributed by atoms with Crippen LogP contribution >= 0.6 is 0 Å². The number of nitrogens with zero attached hydrogens (tertiary/aromatic N) is 1. The Balaban J connectivity index is 1.62. The molecule has 6 nitrogen and oxygen atoms in total. The SMILES string of the molecule is CC1(C)CNCC(COc2cc(=O)[nH]c(C3CC3)n2)O1. The standard InChI is InChI=1S/C14H21N3O3/c1-14(2)8-15-6-10(20-14)7-19-12-5-11(18)16-13(17-12)9-3-4-9/h5,9-10,15H,3-4,6-8H2,1-2H3,(H,16,17,18). The molecular formula is C14H21N3O3. The number of aromatic amines is 1. The Morgan fingerprint density at radius 1 is 1.50 bits per heavy atom. The van der Waals surface area contributed by atoms with Crippen molar-refractivity contribution in [3.05, 3.63) is 22.2 Å². The smallest absolute Gasteiger partial charge is 0.254 e. The van der Waals surface area contributed by atoms with Crippen molar-refractivity contribution in [1.29, 1.82) is 0 Å². The van der Waals surface area contributed by atoms with Gasteiger partial charge >= 0.3 is 0 Å². The molecule has 110 valence electrons. The minimum Gasteiger partial charge on any atom is -0.475 e. The Kier molecular flexibility index (Phi) is 3.52. The largest absolute Gasteiger partial charge is 0.475 e. The van der Waals surface area contributed by atoms with Crippen LogP contribution in [0.3, 0.4) is 0 Å². The van der Waals surface area contributed by atoms with Crippen molar-refractivity contribution < 1.29 is 9.47 Å². The molecule has 0 aromatic carbocycles. The van der Waals surface area contributed by atoms with E-state index in [2.05, 4.69) is 15.3 Å². The van der Waals surface area contributed by atoms with Gasteiger partial charge in [-0.2, -0.15) is 4.98 Å². The molecule has 6 heteroatoms. The third kappa shape index (κ3) is 3.37. The second-order valence-electron chi connectivity index (χ2n) is 6.18. The van der Waals surface area contributed by atoms with Gasteiger partial charge in [0.15, 0.2) is 0 Å². The lowest BCUT2D eigenvalue weighted by atomic mass is 10.1. The van der Waals surface area contributed by atoms with Gasteiger partial charge in [-0.3, -0.25) is 4.79 Å². The Bertz CT molecular complexity index is 537. The first kappa shape index (κ1) is 13.6. The molecule has 2 N–H and O–H groups in total. The molecule has 2 heterocycles. The zero-order chi connectivity index (χ0) is 14.2. The molecule has 1 unspecified atom stereocenters. The summed E-state index contributed by atoms with van der Waals surface area (Å²) in [7, 11) is 0. The van der Waals surface area contributed by atoms with E-state index in [-0.39, 0.29) is 17.3 Å². The average Bonchev–Trinajstić information content (AvgIpc) is 3.19. The molecule has 2 aliphatic rings. The summed E-state index contributed by atoms with van der Waals surface area (Å²) < 4.78 is 11.6. The lowest BCUT2D eigenvalue weighted by Crippen LogP contribution is -2.52. The van der Waals surface area contributed by atoms with Gasteiger partial charge in [0, 0.05) is 19.0 Å². The number of morpholine rings is 1. The van der Waals surface area contributed by atoms with Gasteiger partial charge in [0.2, 0.25) is 5.88 Å². The van der Waals surface area contributed by atoms with Crippen molar-refractivity contribution in [2.24, 2.45) is 0 Å². The van der Waals surface area contributed by atoms with Gasteiger partial charge in [0.05, 0.1) is 11.7 Å². The van der Waals surface area contributed by atoms with Crippen molar-refractivity contribution in [1.82, 2.24) is 15.3 Å². The second-order valence-corrected chi connectivity index (χ2v) is 6.18. The summed E-state index contributed by atoms with van der Waals surface area (Å²) in [5.41, 5.74) is -0.340. The third-order valence-electron chi connectivity index (χ3n) is 3.53. The molecule has 0 spiro atoms. The van der Waals surface area contributed by atoms with Crippen LogP contribution in [0.5, 0.6) is 5.88 Å². The summed E-state index contributed by atoms with van der Waals surface area (Å²) in [6, 6.07) is 1.40. The van der Waals surface area contributed by atoms with Crippen molar-refractivity contribution in [3.8, 4) is 5.88 Å². The minimum atomic E-state index is -0.187. The predicted molar refractivity (Wildman–Crippen MR) is 74.1 cm³/mol. The lowest BCUT2D eigenvalue weighted by molar-refractivity contribution is -0.107. The number of ether oxygens (including phenoxy) is 2. The third-order valence-corrected chi connectivity index (χ3v) is 3.53. The van der Waals surface area contributed by atoms with E-state index in [1.807, 2.05) is 13.8 Å². The fourth-order valence-corrected chi connectivity index (χ4v) is 2.42. The zero-order valence-electron chi connectivity index (χ0n) is 11.9. The Morgan fingerprint density at radius 3 is 3.00 bits per heavy atom. The highest BCUT2D eigenvalue weighted by molar-refractivity contribution is 5.14. The predicted octanol–water partition coefficient (Wildman–Crippen LogP) is 0.793. The van der Waals surface area contributed by atoms with Gasteiger partial charge in [0.1, 0.15) is 18.5 Å². The summed E-state index contributed by atoms with van der Waals surface area (Å²) in [5, 5.41) is 3.32. The molecule has 2 fully saturated rings. The van der Waals surface area contributed by atoms with Crippen LogP contribution in [0.4, 0.5) is 0 Å². The summed E-state index contributed by atoms with van der Waals surface area (Å²) in [6.45, 7) is 6.07. The first-order chi connectivity index (χ1) is 9.52. The van der Waals surface area contributed by atoms with E-state index < -0.39 is 0 Å². The number of hydrogen-bond donors (Lipinski definition) is 2. The van der Waals surface area contributed by atoms with Crippen LogP contribution in [-0.4, -0.2) is 41.4 Å². The molecule has 0 radical (unpaired) electrons. The first-order valence-corrected chi connectivity index (χ1v) is 7.14. The van der Waals surface area contributed by atoms with Gasteiger partial charge in [-0.25, -0.2) is 0 Å². The second kappa shape index (κ2) is 5.18. The minimum absolute atomic E-state index is 0.0239. The van der Waals surface area contributed by atoms with Gasteiger partial charge in [-0.05, 0) is 26.7 Å². The average molecular weight is 279 g/mol. The normalized spacial score (nSPS) is 25.4. The maximum absolute atomic E-state index is 11.6. The zero-order valence-corrected chi connectivity index (χ0v) is 11.9. The van der Waals surface area contributed by atoms with Crippen LogP contribution < -0.4 is 15.6 Å². The number of nitrogens with one attached hydrogen (secondary N) is 2. The molecule has 0 amide bonds. The molecule has 20 heavy (non-hydrogen) atoms. The lowest BCUT2D eigenvalue weighted by Gasteiger charge is -2.36. The maximum atomic E-state index is 11.6. The number of H-pyrrole nitrogens is 1. The molecule has 1 aromatic heterocycles. The van der Waals surface area contributed by atoms with E-state index in [4.69, 9.17) is 9.47 Å². The van der Waals surface area contributed by atoms with Crippen LogP contribution in [0, 0.1) is 0 Å². The monoisotopic (exact) mass is 279 g/mol. The van der Waals surface area contributed by atoms with E-state index in [1.165, 1.54) is 6.07 Å². The maximum Gasteiger partial charge on any atom is 0.254 e. The molecule has 1 saturated heterocycles. The van der Waals surface area contributed by atoms with E-state index in [0.29, 0.717) is 18.4 Å². The summed E-state index contributed by atoms with van der Waals surface area (Å²) >= 11 is 0. The van der Waals surface area contributed by atoms with Gasteiger partial charge in [0.25, 0.3) is 5.56 Å². The molecule has 1 saturated carbocycles. The molecule has 1 aliphatic carbocycles. The highest BCUT2D eigenvalue weighted by Crippen LogP contribution is 2.37. The van der Waals surface area contributed by atoms with Crippen molar-refractivity contribution in [2.75, 3.05) is 19.7 Å². The van der Waals surface area contributed by atoms with Gasteiger partial charge in [-0.15, -0.1) is 0 Å². The fraction of sp³-hybridized carbons (Fsp3) is 0.714. The van der Waals surface area contributed by atoms with Crippen LogP contribution in [0.1, 0.15) is 38.4 Å². The Hall–Kier alpha value is -1.40. The molecular weight excluding hydrogens is 258 g/mol. The van der Waals surface area contributed by atoms with Crippen LogP contribution in [-0.2, 0) is 4.74 Å². The number of hydrogen-bond acceptors (Lipinski definition) is 5. The molecule has 3 rings (SSSR count). The molecule has 1 aromatic rings. The highest BCUT2D eigenvalue weighted by Gasteiger charge is 2.29. The van der Waals surface area contributed by atoms with Crippen LogP contribution in [0.15, 0.2) is 10.9 Å². The van der Waals surface area contributed by atoms with Crippen LogP contribution in [0.25, 0.3) is 0 Å². The van der Waals surface area contributed by atoms with Gasteiger partial charge in [-0.1, -0.05) is 0 Å². The van der Waals surface area contributed by atoms with Crippen molar-refractivity contribution in [3.63, 3.8) is 0 Å².